The highest BCUT2D eigenvalue weighted by molar-refractivity contribution is 7.26. The van der Waals surface area contributed by atoms with Crippen molar-refractivity contribution in [2.75, 3.05) is 0 Å². The molecule has 1 aliphatic rings. The summed E-state index contributed by atoms with van der Waals surface area (Å²) in [4.78, 5) is 4.79. The Bertz CT molecular complexity index is 2260. The number of allylic oxidation sites excluding steroid dienone is 5. The number of hydrogen-bond acceptors (Lipinski definition) is 2. The molecule has 0 radical (unpaired) electrons. The topological polar surface area (TPSA) is 17.8 Å². The molecule has 4 aromatic carbocycles. The summed E-state index contributed by atoms with van der Waals surface area (Å²) in [5, 5.41) is 4.02. The zero-order chi connectivity index (χ0) is 28.8. The molecule has 0 saturated heterocycles. The van der Waals surface area contributed by atoms with E-state index in [4.69, 9.17) is 4.98 Å². The van der Waals surface area contributed by atoms with E-state index >= 15 is 0 Å². The Labute approximate surface area is 254 Å². The standard InChI is InChI=1S/C40H28N2S/c1-2-3-4-12-23-42-36-21-20-32-31-15-8-9-17-38(31)43-40(32)39(36)34-25-29(26-37(34)42)30-19-18-28(27-13-6-5-7-14-27)24-33(30)35-16-10-11-22-41-35/h2-24,26H,1,25H2/b4-3-,23-12?. The second kappa shape index (κ2) is 10.5. The van der Waals surface area contributed by atoms with Crippen molar-refractivity contribution in [1.29, 1.82) is 0 Å². The molecule has 0 bridgehead atoms. The molecule has 3 heteroatoms. The van der Waals surface area contributed by atoms with Crippen LogP contribution in [0.2, 0.25) is 0 Å². The van der Waals surface area contributed by atoms with Crippen molar-refractivity contribution in [3.63, 3.8) is 0 Å². The summed E-state index contributed by atoms with van der Waals surface area (Å²) in [6, 6.07) is 36.9. The Kier molecular flexibility index (Phi) is 6.24. The Morgan fingerprint density at radius 1 is 0.744 bits per heavy atom. The van der Waals surface area contributed by atoms with E-state index < -0.39 is 0 Å². The van der Waals surface area contributed by atoms with Gasteiger partial charge in [-0.3, -0.25) is 4.98 Å². The third-order valence-corrected chi connectivity index (χ3v) is 9.54. The number of thiophene rings is 1. The van der Waals surface area contributed by atoms with Gasteiger partial charge in [0.25, 0.3) is 0 Å². The first kappa shape index (κ1) is 25.5. The molecular weight excluding hydrogens is 541 g/mol. The fraction of sp³-hybridized carbons (Fsp3) is 0.0250. The summed E-state index contributed by atoms with van der Waals surface area (Å²) < 4.78 is 5.05. The van der Waals surface area contributed by atoms with Crippen LogP contribution in [0.3, 0.4) is 0 Å². The molecule has 0 saturated carbocycles. The summed E-state index contributed by atoms with van der Waals surface area (Å²) in [5.74, 6) is 0. The molecule has 7 aromatic rings. The Morgan fingerprint density at radius 2 is 1.60 bits per heavy atom. The second-order valence-electron chi connectivity index (χ2n) is 10.8. The van der Waals surface area contributed by atoms with Gasteiger partial charge in [-0.1, -0.05) is 97.6 Å². The number of rotatable bonds is 6. The lowest BCUT2D eigenvalue weighted by atomic mass is 9.92. The van der Waals surface area contributed by atoms with Gasteiger partial charge in [-0.05, 0) is 70.3 Å². The molecule has 0 fully saturated rings. The van der Waals surface area contributed by atoms with Crippen LogP contribution in [0, 0.1) is 0 Å². The Balaban J connectivity index is 1.34. The SMILES string of the molecule is C=C/C=C\C=Cn1c2c(c3c4sc5ccccc5c4ccc31)CC(c1ccc(-c3ccccc3)cc1-c1ccccn1)=C2. The third kappa shape index (κ3) is 4.29. The van der Waals surface area contributed by atoms with Crippen LogP contribution in [0.5, 0.6) is 0 Å². The monoisotopic (exact) mass is 568 g/mol. The molecule has 43 heavy (non-hydrogen) atoms. The lowest BCUT2D eigenvalue weighted by molar-refractivity contribution is 1.18. The highest BCUT2D eigenvalue weighted by atomic mass is 32.1. The largest absolute Gasteiger partial charge is 0.316 e. The molecule has 0 atom stereocenters. The number of pyridine rings is 1. The van der Waals surface area contributed by atoms with Gasteiger partial charge in [-0.2, -0.15) is 0 Å². The van der Waals surface area contributed by atoms with Gasteiger partial charge in [0.05, 0.1) is 16.9 Å². The molecular formula is C40H28N2S. The lowest BCUT2D eigenvalue weighted by Gasteiger charge is -2.13. The van der Waals surface area contributed by atoms with E-state index in [2.05, 4.69) is 127 Å². The maximum absolute atomic E-state index is 4.79. The highest BCUT2D eigenvalue weighted by Gasteiger charge is 2.26. The van der Waals surface area contributed by atoms with Crippen LogP contribution in [0.1, 0.15) is 16.8 Å². The van der Waals surface area contributed by atoms with Crippen molar-refractivity contribution >= 4 is 60.3 Å². The van der Waals surface area contributed by atoms with E-state index in [1.807, 2.05) is 35.8 Å². The van der Waals surface area contributed by atoms with E-state index in [1.54, 1.807) is 6.08 Å². The zero-order valence-corrected chi connectivity index (χ0v) is 24.4. The quantitative estimate of drug-likeness (QED) is 0.182. The molecule has 204 valence electrons. The van der Waals surface area contributed by atoms with Crippen LogP contribution in [0.25, 0.3) is 71.3 Å². The average molecular weight is 569 g/mol. The van der Waals surface area contributed by atoms with Gasteiger partial charge in [0.15, 0.2) is 0 Å². The highest BCUT2D eigenvalue weighted by Crippen LogP contribution is 2.46. The minimum atomic E-state index is 0.868. The Morgan fingerprint density at radius 3 is 2.47 bits per heavy atom. The van der Waals surface area contributed by atoms with E-state index in [-0.39, 0.29) is 0 Å². The smallest absolute Gasteiger partial charge is 0.0708 e. The summed E-state index contributed by atoms with van der Waals surface area (Å²) in [7, 11) is 0. The van der Waals surface area contributed by atoms with Gasteiger partial charge < -0.3 is 4.57 Å². The molecule has 2 nitrogen and oxygen atoms in total. The fourth-order valence-corrected chi connectivity index (χ4v) is 7.67. The Hall–Kier alpha value is -5.25. The molecule has 3 aromatic heterocycles. The maximum Gasteiger partial charge on any atom is 0.0708 e. The zero-order valence-electron chi connectivity index (χ0n) is 23.6. The molecule has 8 rings (SSSR count). The van der Waals surface area contributed by atoms with Gasteiger partial charge in [0, 0.05) is 49.9 Å². The number of aromatic nitrogens is 2. The van der Waals surface area contributed by atoms with Crippen LogP contribution in [0.4, 0.5) is 0 Å². The first-order valence-corrected chi connectivity index (χ1v) is 15.4. The van der Waals surface area contributed by atoms with Crippen LogP contribution in [0.15, 0.2) is 140 Å². The van der Waals surface area contributed by atoms with Crippen LogP contribution >= 0.6 is 11.3 Å². The fourth-order valence-electron chi connectivity index (χ4n) is 6.40. The minimum absolute atomic E-state index is 0.868. The van der Waals surface area contributed by atoms with Crippen molar-refractivity contribution in [3.8, 4) is 22.4 Å². The number of nitrogens with zero attached hydrogens (tertiary/aromatic N) is 2. The molecule has 3 heterocycles. The summed E-state index contributed by atoms with van der Waals surface area (Å²) in [6.07, 6.45) is 15.2. The second-order valence-corrected chi connectivity index (χ2v) is 11.9. The maximum atomic E-state index is 4.79. The summed E-state index contributed by atoms with van der Waals surface area (Å²) in [6.45, 7) is 3.82. The van der Waals surface area contributed by atoms with Crippen LogP contribution in [-0.4, -0.2) is 9.55 Å². The average Bonchev–Trinajstić information content (AvgIpc) is 3.74. The van der Waals surface area contributed by atoms with E-state index in [1.165, 1.54) is 64.6 Å². The first-order chi connectivity index (χ1) is 21.3. The summed E-state index contributed by atoms with van der Waals surface area (Å²) in [5.41, 5.74) is 11.0. The van der Waals surface area contributed by atoms with Crippen molar-refractivity contribution < 1.29 is 0 Å². The van der Waals surface area contributed by atoms with Crippen molar-refractivity contribution in [2.45, 2.75) is 6.42 Å². The van der Waals surface area contributed by atoms with Gasteiger partial charge in [-0.15, -0.1) is 11.3 Å². The normalized spacial score (nSPS) is 13.1. The predicted molar refractivity (Wildman–Crippen MR) is 186 cm³/mol. The van der Waals surface area contributed by atoms with Crippen LogP contribution in [-0.2, 0) is 6.42 Å². The molecule has 0 amide bonds. The van der Waals surface area contributed by atoms with Crippen molar-refractivity contribution in [3.05, 3.63) is 157 Å². The number of benzene rings is 4. The molecule has 0 unspecified atom stereocenters. The van der Waals surface area contributed by atoms with Crippen LogP contribution < -0.4 is 0 Å². The number of fused-ring (bicyclic) bond motifs is 7. The molecule has 0 aliphatic heterocycles. The molecule has 0 spiro atoms. The molecule has 0 N–H and O–H groups in total. The first-order valence-electron chi connectivity index (χ1n) is 14.5. The van der Waals surface area contributed by atoms with E-state index in [0.717, 1.165) is 17.7 Å². The van der Waals surface area contributed by atoms with Gasteiger partial charge in [0.2, 0.25) is 0 Å². The number of hydrogen-bond donors (Lipinski definition) is 0. The minimum Gasteiger partial charge on any atom is -0.316 e. The lowest BCUT2D eigenvalue weighted by Crippen LogP contribution is -1.94. The molecule has 1 aliphatic carbocycles. The van der Waals surface area contributed by atoms with Gasteiger partial charge in [-0.25, -0.2) is 0 Å². The summed E-state index contributed by atoms with van der Waals surface area (Å²) >= 11 is 1.90. The van der Waals surface area contributed by atoms with Crippen molar-refractivity contribution in [1.82, 2.24) is 9.55 Å². The van der Waals surface area contributed by atoms with Crippen molar-refractivity contribution in [2.24, 2.45) is 0 Å². The third-order valence-electron chi connectivity index (χ3n) is 8.34. The van der Waals surface area contributed by atoms with E-state index in [0.29, 0.717) is 0 Å². The van der Waals surface area contributed by atoms with E-state index in [9.17, 15) is 0 Å². The predicted octanol–water partition coefficient (Wildman–Crippen LogP) is 11.0. The van der Waals surface area contributed by atoms with Gasteiger partial charge >= 0.3 is 0 Å². The van der Waals surface area contributed by atoms with Gasteiger partial charge in [0.1, 0.15) is 0 Å².